The van der Waals surface area contributed by atoms with Crippen LogP contribution in [-0.4, -0.2) is 27.1 Å². The van der Waals surface area contributed by atoms with Crippen LogP contribution in [0.2, 0.25) is 0 Å². The normalized spacial score (nSPS) is 11.1. The molecule has 0 heterocycles. The van der Waals surface area contributed by atoms with Crippen molar-refractivity contribution in [3.63, 3.8) is 0 Å². The summed E-state index contributed by atoms with van der Waals surface area (Å²) in [5.74, 6) is 0.220. The summed E-state index contributed by atoms with van der Waals surface area (Å²) >= 11 is 0. The quantitative estimate of drug-likeness (QED) is 0.797. The average molecular weight is 304 g/mol. The van der Waals surface area contributed by atoms with Gasteiger partial charge < -0.3 is 4.74 Å². The van der Waals surface area contributed by atoms with E-state index in [4.69, 9.17) is 4.74 Å². The zero-order chi connectivity index (χ0) is 15.5. The Kier molecular flexibility index (Phi) is 4.43. The van der Waals surface area contributed by atoms with Gasteiger partial charge in [-0.1, -0.05) is 30.3 Å². The molecule has 0 atom stereocenters. The molecule has 21 heavy (non-hydrogen) atoms. The van der Waals surface area contributed by atoms with Gasteiger partial charge >= 0.3 is 0 Å². The van der Waals surface area contributed by atoms with Gasteiger partial charge in [0.05, 0.1) is 4.90 Å². The van der Waals surface area contributed by atoms with Crippen molar-refractivity contribution in [3.8, 4) is 5.75 Å². The zero-order valence-corrected chi connectivity index (χ0v) is 12.7. The highest BCUT2D eigenvalue weighted by Crippen LogP contribution is 2.18. The second kappa shape index (κ2) is 6.10. The van der Waals surface area contributed by atoms with Gasteiger partial charge in [0.15, 0.2) is 22.2 Å². The third-order valence-corrected chi connectivity index (χ3v) is 4.16. The second-order valence-corrected chi connectivity index (χ2v) is 6.79. The van der Waals surface area contributed by atoms with Crippen LogP contribution in [-0.2, 0) is 9.84 Å². The average Bonchev–Trinajstić information content (AvgIpc) is 2.45. The minimum absolute atomic E-state index is 0.127. The van der Waals surface area contributed by atoms with E-state index in [0.717, 1.165) is 11.8 Å². The van der Waals surface area contributed by atoms with E-state index in [1.54, 1.807) is 24.3 Å². The van der Waals surface area contributed by atoms with Crippen LogP contribution in [0.4, 0.5) is 0 Å². The molecule has 0 aliphatic heterocycles. The van der Waals surface area contributed by atoms with Crippen LogP contribution in [0.1, 0.15) is 15.9 Å². The molecule has 4 nitrogen and oxygen atoms in total. The summed E-state index contributed by atoms with van der Waals surface area (Å²) in [6.45, 7) is 1.73. The summed E-state index contributed by atoms with van der Waals surface area (Å²) in [7, 11) is -3.29. The molecule has 0 saturated heterocycles. The molecule has 2 aromatic rings. The summed E-state index contributed by atoms with van der Waals surface area (Å²) in [4.78, 5) is 12.2. The fourth-order valence-electron chi connectivity index (χ4n) is 1.91. The van der Waals surface area contributed by atoms with Crippen LogP contribution in [0.5, 0.6) is 5.75 Å². The molecule has 0 aliphatic rings. The van der Waals surface area contributed by atoms with Gasteiger partial charge in [-0.2, -0.15) is 0 Å². The predicted molar refractivity (Wildman–Crippen MR) is 80.6 cm³/mol. The fourth-order valence-corrected chi connectivity index (χ4v) is 2.56. The Morgan fingerprint density at radius 1 is 1.10 bits per heavy atom. The molecule has 0 aromatic heterocycles. The first-order valence-corrected chi connectivity index (χ1v) is 8.29. The highest BCUT2D eigenvalue weighted by molar-refractivity contribution is 7.90. The number of carbonyl (C=O) groups excluding carboxylic acids is 1. The lowest BCUT2D eigenvalue weighted by atomic mass is 10.1. The molecule has 110 valence electrons. The Morgan fingerprint density at radius 2 is 1.81 bits per heavy atom. The van der Waals surface area contributed by atoms with Crippen molar-refractivity contribution in [1.82, 2.24) is 0 Å². The van der Waals surface area contributed by atoms with E-state index in [-0.39, 0.29) is 17.3 Å². The number of carbonyl (C=O) groups is 1. The monoisotopic (exact) mass is 304 g/mol. The molecule has 2 aromatic carbocycles. The summed E-state index contributed by atoms with van der Waals surface area (Å²) in [6.07, 6.45) is 1.13. The van der Waals surface area contributed by atoms with Gasteiger partial charge in [0, 0.05) is 11.8 Å². The van der Waals surface area contributed by atoms with Crippen molar-refractivity contribution in [2.75, 3.05) is 12.9 Å². The zero-order valence-electron chi connectivity index (χ0n) is 11.9. The van der Waals surface area contributed by atoms with Crippen molar-refractivity contribution in [1.29, 1.82) is 0 Å². The van der Waals surface area contributed by atoms with Crippen molar-refractivity contribution >= 4 is 15.6 Å². The van der Waals surface area contributed by atoms with Crippen molar-refractivity contribution in [2.24, 2.45) is 0 Å². The van der Waals surface area contributed by atoms with Crippen molar-refractivity contribution in [3.05, 3.63) is 59.7 Å². The molecule has 0 fully saturated rings. The number of hydrogen-bond acceptors (Lipinski definition) is 4. The molecule has 2 rings (SSSR count). The molecule has 0 aliphatic carbocycles. The van der Waals surface area contributed by atoms with E-state index in [2.05, 4.69) is 0 Å². The Hall–Kier alpha value is -2.14. The second-order valence-electron chi connectivity index (χ2n) is 4.77. The van der Waals surface area contributed by atoms with Gasteiger partial charge in [0.1, 0.15) is 5.75 Å². The third kappa shape index (κ3) is 3.92. The minimum atomic E-state index is -3.29. The highest BCUT2D eigenvalue weighted by atomic mass is 32.2. The SMILES string of the molecule is Cc1ccccc1C(=O)COc1cccc(S(C)(=O)=O)c1. The third-order valence-electron chi connectivity index (χ3n) is 3.05. The molecule has 0 amide bonds. The van der Waals surface area contributed by atoms with Crippen molar-refractivity contribution < 1.29 is 17.9 Å². The van der Waals surface area contributed by atoms with Gasteiger partial charge in [-0.05, 0) is 30.7 Å². The van der Waals surface area contributed by atoms with E-state index in [0.29, 0.717) is 11.3 Å². The number of hydrogen-bond donors (Lipinski definition) is 0. The maximum Gasteiger partial charge on any atom is 0.200 e. The Morgan fingerprint density at radius 3 is 2.48 bits per heavy atom. The lowest BCUT2D eigenvalue weighted by Crippen LogP contribution is -2.13. The number of rotatable bonds is 5. The van der Waals surface area contributed by atoms with Crippen LogP contribution < -0.4 is 4.74 Å². The molecule has 0 N–H and O–H groups in total. The van der Waals surface area contributed by atoms with E-state index in [1.807, 2.05) is 19.1 Å². The summed E-state index contributed by atoms with van der Waals surface area (Å²) in [6, 6.07) is 13.4. The van der Waals surface area contributed by atoms with Crippen LogP contribution >= 0.6 is 0 Å². The fraction of sp³-hybridized carbons (Fsp3) is 0.188. The number of benzene rings is 2. The number of ether oxygens (including phenoxy) is 1. The molecule has 0 unspecified atom stereocenters. The topological polar surface area (TPSA) is 60.4 Å². The Bertz CT molecular complexity index is 763. The smallest absolute Gasteiger partial charge is 0.200 e. The number of ketones is 1. The lowest BCUT2D eigenvalue weighted by molar-refractivity contribution is 0.0921. The number of Topliss-reactive ketones (excluding diaryl/α,β-unsaturated/α-hetero) is 1. The molecule has 0 spiro atoms. The van der Waals surface area contributed by atoms with E-state index in [1.165, 1.54) is 12.1 Å². The maximum absolute atomic E-state index is 12.1. The van der Waals surface area contributed by atoms with Crippen molar-refractivity contribution in [2.45, 2.75) is 11.8 Å². The summed E-state index contributed by atoms with van der Waals surface area (Å²) < 4.78 is 28.3. The van der Waals surface area contributed by atoms with Gasteiger partial charge in [0.25, 0.3) is 0 Å². The van der Waals surface area contributed by atoms with Gasteiger partial charge in [0.2, 0.25) is 0 Å². The van der Waals surface area contributed by atoms with Crippen LogP contribution in [0.15, 0.2) is 53.4 Å². The summed E-state index contributed by atoms with van der Waals surface area (Å²) in [5, 5.41) is 0. The number of aryl methyl sites for hydroxylation is 1. The molecule has 0 saturated carbocycles. The molecular weight excluding hydrogens is 288 g/mol. The largest absolute Gasteiger partial charge is 0.485 e. The predicted octanol–water partition coefficient (Wildman–Crippen LogP) is 2.66. The Balaban J connectivity index is 2.11. The van der Waals surface area contributed by atoms with E-state index in [9.17, 15) is 13.2 Å². The van der Waals surface area contributed by atoms with Crippen LogP contribution in [0, 0.1) is 6.92 Å². The standard InChI is InChI=1S/C16H16O4S/c1-12-6-3-4-9-15(12)16(17)11-20-13-7-5-8-14(10-13)21(2,18)19/h3-10H,11H2,1-2H3. The van der Waals surface area contributed by atoms with Gasteiger partial charge in [-0.15, -0.1) is 0 Å². The van der Waals surface area contributed by atoms with E-state index >= 15 is 0 Å². The molecule has 5 heteroatoms. The first-order chi connectivity index (χ1) is 9.88. The van der Waals surface area contributed by atoms with Crippen LogP contribution in [0.3, 0.4) is 0 Å². The first kappa shape index (κ1) is 15.3. The highest BCUT2D eigenvalue weighted by Gasteiger charge is 2.11. The van der Waals surface area contributed by atoms with Crippen LogP contribution in [0.25, 0.3) is 0 Å². The lowest BCUT2D eigenvalue weighted by Gasteiger charge is -2.08. The molecule has 0 radical (unpaired) electrons. The van der Waals surface area contributed by atoms with Gasteiger partial charge in [-0.25, -0.2) is 8.42 Å². The molecular formula is C16H16O4S. The summed E-state index contributed by atoms with van der Waals surface area (Å²) in [5.41, 5.74) is 1.49. The van der Waals surface area contributed by atoms with Gasteiger partial charge in [-0.3, -0.25) is 4.79 Å². The maximum atomic E-state index is 12.1. The van der Waals surface area contributed by atoms with E-state index < -0.39 is 9.84 Å². The minimum Gasteiger partial charge on any atom is -0.485 e. The number of sulfone groups is 1. The first-order valence-electron chi connectivity index (χ1n) is 6.39. The molecule has 0 bridgehead atoms. The Labute approximate surface area is 124 Å².